The number of benzene rings is 1. The molecule has 23 heavy (non-hydrogen) atoms. The molecule has 1 aromatic carbocycles. The molecule has 120 valence electrons. The maximum absolute atomic E-state index is 12.5. The zero-order valence-corrected chi connectivity index (χ0v) is 13.2. The Morgan fingerprint density at radius 1 is 1.35 bits per heavy atom. The van der Waals surface area contributed by atoms with Crippen LogP contribution < -0.4 is 4.74 Å². The van der Waals surface area contributed by atoms with Gasteiger partial charge in [-0.15, -0.1) is 0 Å². The van der Waals surface area contributed by atoms with Gasteiger partial charge in [0.15, 0.2) is 0 Å². The van der Waals surface area contributed by atoms with Crippen molar-refractivity contribution >= 4 is 17.5 Å². The standard InChI is InChI=1S/C17H17ClN2O3/c18-15-9-13(17(22)20-8-5-12(10-20)11-21)1-2-16(15)23-14-3-6-19-7-4-14/h1-4,6-7,9,12,21H,5,8,10-11H2. The Morgan fingerprint density at radius 2 is 2.13 bits per heavy atom. The van der Waals surface area contributed by atoms with Crippen LogP contribution in [-0.2, 0) is 0 Å². The molecule has 1 atom stereocenters. The third kappa shape index (κ3) is 3.63. The SMILES string of the molecule is O=C(c1ccc(Oc2ccncc2)c(Cl)c1)N1CCC(CO)C1. The minimum Gasteiger partial charge on any atom is -0.456 e. The van der Waals surface area contributed by atoms with Gasteiger partial charge in [-0.05, 0) is 36.8 Å². The zero-order chi connectivity index (χ0) is 16.2. The van der Waals surface area contributed by atoms with Gasteiger partial charge in [0.05, 0.1) is 5.02 Å². The minimum absolute atomic E-state index is 0.0710. The van der Waals surface area contributed by atoms with E-state index in [0.717, 1.165) is 6.42 Å². The van der Waals surface area contributed by atoms with Gasteiger partial charge in [0, 0.05) is 43.6 Å². The quantitative estimate of drug-likeness (QED) is 0.935. The number of carbonyl (C=O) groups is 1. The Bertz CT molecular complexity index is 693. The van der Waals surface area contributed by atoms with E-state index in [1.54, 1.807) is 47.6 Å². The van der Waals surface area contributed by atoms with Crippen LogP contribution in [-0.4, -0.2) is 40.6 Å². The van der Waals surface area contributed by atoms with E-state index in [2.05, 4.69) is 4.98 Å². The van der Waals surface area contributed by atoms with Crippen LogP contribution in [0.3, 0.4) is 0 Å². The summed E-state index contributed by atoms with van der Waals surface area (Å²) in [6.07, 6.45) is 4.09. The molecule has 0 bridgehead atoms. The van der Waals surface area contributed by atoms with Crippen molar-refractivity contribution in [3.8, 4) is 11.5 Å². The monoisotopic (exact) mass is 332 g/mol. The number of aliphatic hydroxyl groups is 1. The number of pyridine rings is 1. The molecule has 1 unspecified atom stereocenters. The lowest BCUT2D eigenvalue weighted by molar-refractivity contribution is 0.0782. The predicted molar refractivity (Wildman–Crippen MR) is 86.9 cm³/mol. The third-order valence-corrected chi connectivity index (χ3v) is 4.18. The van der Waals surface area contributed by atoms with Gasteiger partial charge in [0.25, 0.3) is 5.91 Å². The highest BCUT2D eigenvalue weighted by Crippen LogP contribution is 2.30. The van der Waals surface area contributed by atoms with Gasteiger partial charge < -0.3 is 14.7 Å². The average Bonchev–Trinajstić information content (AvgIpc) is 3.06. The van der Waals surface area contributed by atoms with E-state index < -0.39 is 0 Å². The molecule has 2 heterocycles. The van der Waals surface area contributed by atoms with Crippen molar-refractivity contribution in [1.29, 1.82) is 0 Å². The summed E-state index contributed by atoms with van der Waals surface area (Å²) in [5.74, 6) is 1.22. The van der Waals surface area contributed by atoms with Crippen LogP contribution in [0, 0.1) is 5.92 Å². The fraction of sp³-hybridized carbons (Fsp3) is 0.294. The van der Waals surface area contributed by atoms with Gasteiger partial charge in [-0.1, -0.05) is 11.6 Å². The van der Waals surface area contributed by atoms with Crippen LogP contribution >= 0.6 is 11.6 Å². The smallest absolute Gasteiger partial charge is 0.253 e. The summed E-state index contributed by atoms with van der Waals surface area (Å²) in [7, 11) is 0. The van der Waals surface area contributed by atoms with Gasteiger partial charge in [0.1, 0.15) is 11.5 Å². The second-order valence-corrected chi connectivity index (χ2v) is 5.93. The summed E-state index contributed by atoms with van der Waals surface area (Å²) < 4.78 is 5.67. The Morgan fingerprint density at radius 3 is 2.78 bits per heavy atom. The van der Waals surface area contributed by atoms with Gasteiger partial charge in [-0.3, -0.25) is 9.78 Å². The van der Waals surface area contributed by atoms with Crippen molar-refractivity contribution in [1.82, 2.24) is 9.88 Å². The largest absolute Gasteiger partial charge is 0.456 e. The molecule has 0 aliphatic carbocycles. The third-order valence-electron chi connectivity index (χ3n) is 3.89. The molecule has 0 spiro atoms. The van der Waals surface area contributed by atoms with Crippen LogP contribution in [0.4, 0.5) is 0 Å². The number of ether oxygens (including phenoxy) is 1. The molecule has 6 heteroatoms. The molecule has 1 aromatic heterocycles. The topological polar surface area (TPSA) is 62.7 Å². The molecular weight excluding hydrogens is 316 g/mol. The van der Waals surface area contributed by atoms with E-state index in [4.69, 9.17) is 16.3 Å². The summed E-state index contributed by atoms with van der Waals surface area (Å²) in [6, 6.07) is 8.47. The first-order chi connectivity index (χ1) is 11.2. The van der Waals surface area contributed by atoms with Crippen LogP contribution in [0.5, 0.6) is 11.5 Å². The van der Waals surface area contributed by atoms with Crippen molar-refractivity contribution in [2.24, 2.45) is 5.92 Å². The maximum Gasteiger partial charge on any atom is 0.253 e. The van der Waals surface area contributed by atoms with Crippen molar-refractivity contribution < 1.29 is 14.6 Å². The number of halogens is 1. The number of amides is 1. The zero-order valence-electron chi connectivity index (χ0n) is 12.5. The Balaban J connectivity index is 1.73. The Hall–Kier alpha value is -2.11. The molecule has 2 aromatic rings. The van der Waals surface area contributed by atoms with Gasteiger partial charge in [-0.2, -0.15) is 0 Å². The normalized spacial score (nSPS) is 17.3. The van der Waals surface area contributed by atoms with Crippen molar-refractivity contribution in [2.45, 2.75) is 6.42 Å². The molecule has 0 radical (unpaired) electrons. The van der Waals surface area contributed by atoms with E-state index in [1.807, 2.05) is 0 Å². The van der Waals surface area contributed by atoms with Crippen molar-refractivity contribution in [3.05, 3.63) is 53.3 Å². The molecule has 0 saturated carbocycles. The fourth-order valence-corrected chi connectivity index (χ4v) is 2.82. The highest BCUT2D eigenvalue weighted by atomic mass is 35.5. The number of hydrogen-bond acceptors (Lipinski definition) is 4. The number of rotatable bonds is 4. The number of aliphatic hydroxyl groups excluding tert-OH is 1. The number of nitrogens with zero attached hydrogens (tertiary/aromatic N) is 2. The molecule has 5 nitrogen and oxygen atoms in total. The van der Waals surface area contributed by atoms with E-state index in [9.17, 15) is 9.90 Å². The molecule has 1 N–H and O–H groups in total. The highest BCUT2D eigenvalue weighted by Gasteiger charge is 2.26. The summed E-state index contributed by atoms with van der Waals surface area (Å²) in [5.41, 5.74) is 0.524. The van der Waals surface area contributed by atoms with Crippen molar-refractivity contribution in [2.75, 3.05) is 19.7 Å². The van der Waals surface area contributed by atoms with Gasteiger partial charge >= 0.3 is 0 Å². The van der Waals surface area contributed by atoms with E-state index in [-0.39, 0.29) is 18.4 Å². The predicted octanol–water partition coefficient (Wildman–Crippen LogP) is 2.98. The fourth-order valence-electron chi connectivity index (χ4n) is 2.60. The summed E-state index contributed by atoms with van der Waals surface area (Å²) in [6.45, 7) is 1.36. The Kier molecular flexibility index (Phi) is 4.79. The lowest BCUT2D eigenvalue weighted by atomic mass is 10.1. The maximum atomic E-state index is 12.5. The molecule has 3 rings (SSSR count). The molecule has 1 saturated heterocycles. The molecule has 1 aliphatic heterocycles. The first kappa shape index (κ1) is 15.8. The van der Waals surface area contributed by atoms with Crippen LogP contribution in [0.1, 0.15) is 16.8 Å². The number of hydrogen-bond donors (Lipinski definition) is 1. The molecular formula is C17H17ClN2O3. The number of likely N-dealkylation sites (tertiary alicyclic amines) is 1. The van der Waals surface area contributed by atoms with E-state index in [1.165, 1.54) is 0 Å². The lowest BCUT2D eigenvalue weighted by Gasteiger charge is -2.17. The first-order valence-corrected chi connectivity index (χ1v) is 7.82. The van der Waals surface area contributed by atoms with E-state index >= 15 is 0 Å². The summed E-state index contributed by atoms with van der Waals surface area (Å²) >= 11 is 6.23. The lowest BCUT2D eigenvalue weighted by Crippen LogP contribution is -2.29. The second-order valence-electron chi connectivity index (χ2n) is 5.52. The van der Waals surface area contributed by atoms with E-state index in [0.29, 0.717) is 35.2 Å². The average molecular weight is 333 g/mol. The molecule has 1 amide bonds. The second kappa shape index (κ2) is 6.98. The van der Waals surface area contributed by atoms with Gasteiger partial charge in [0.2, 0.25) is 0 Å². The van der Waals surface area contributed by atoms with Crippen LogP contribution in [0.15, 0.2) is 42.7 Å². The molecule has 1 fully saturated rings. The summed E-state index contributed by atoms with van der Waals surface area (Å²) in [4.78, 5) is 18.1. The van der Waals surface area contributed by atoms with Crippen molar-refractivity contribution in [3.63, 3.8) is 0 Å². The number of aromatic nitrogens is 1. The first-order valence-electron chi connectivity index (χ1n) is 7.45. The molecule has 1 aliphatic rings. The Labute approximate surface area is 139 Å². The highest BCUT2D eigenvalue weighted by molar-refractivity contribution is 6.32. The van der Waals surface area contributed by atoms with Gasteiger partial charge in [-0.25, -0.2) is 0 Å². The summed E-state index contributed by atoms with van der Waals surface area (Å²) in [5, 5.41) is 9.56. The minimum atomic E-state index is -0.0710. The van der Waals surface area contributed by atoms with Crippen LogP contribution in [0.2, 0.25) is 5.02 Å². The number of carbonyl (C=O) groups excluding carboxylic acids is 1. The van der Waals surface area contributed by atoms with Crippen LogP contribution in [0.25, 0.3) is 0 Å².